The smallest absolute Gasteiger partial charge is 0.326 e. The number of carbonyl (C=O) groups is 2. The number of nitrogens with zero attached hydrogens (tertiary/aromatic N) is 1. The van der Waals surface area contributed by atoms with Crippen LogP contribution in [0.2, 0.25) is 0 Å². The maximum Gasteiger partial charge on any atom is 0.326 e. The second-order valence-electron chi connectivity index (χ2n) is 4.77. The lowest BCUT2D eigenvalue weighted by Crippen LogP contribution is -2.51. The highest BCUT2D eigenvalue weighted by atomic mass is 16.5. The first-order valence-corrected chi connectivity index (χ1v) is 6.46. The number of hydrogen-bond acceptors (Lipinski definition) is 3. The van der Waals surface area contributed by atoms with Crippen LogP contribution in [-0.2, 0) is 9.53 Å². The minimum Gasteiger partial charge on any atom is -0.480 e. The molecule has 108 valence electrons. The predicted molar refractivity (Wildman–Crippen MR) is 70.9 cm³/mol. The molecule has 1 rings (SSSR count). The van der Waals surface area contributed by atoms with Crippen LogP contribution in [-0.4, -0.2) is 54.9 Å². The maximum atomic E-state index is 12.0. The van der Waals surface area contributed by atoms with Crippen LogP contribution in [0.4, 0.5) is 4.79 Å². The number of rotatable bonds is 6. The molecule has 1 aliphatic heterocycles. The van der Waals surface area contributed by atoms with Gasteiger partial charge in [0.1, 0.15) is 6.04 Å². The number of hydrogen-bond donors (Lipinski definition) is 2. The highest BCUT2D eigenvalue weighted by Gasteiger charge is 2.26. The third-order valence-corrected chi connectivity index (χ3v) is 3.21. The first-order valence-electron chi connectivity index (χ1n) is 6.46. The van der Waals surface area contributed by atoms with Crippen molar-refractivity contribution in [3.8, 4) is 0 Å². The van der Waals surface area contributed by atoms with Crippen LogP contribution in [0.15, 0.2) is 12.7 Å². The number of piperidine rings is 1. The molecular formula is C13H22N2O4. The van der Waals surface area contributed by atoms with Gasteiger partial charge < -0.3 is 20.1 Å². The van der Waals surface area contributed by atoms with Crippen LogP contribution in [0.25, 0.3) is 0 Å². The van der Waals surface area contributed by atoms with Crippen LogP contribution < -0.4 is 5.32 Å². The molecule has 0 aromatic rings. The van der Waals surface area contributed by atoms with Gasteiger partial charge in [-0.25, -0.2) is 9.59 Å². The summed E-state index contributed by atoms with van der Waals surface area (Å²) in [6.07, 6.45) is 3.66. The van der Waals surface area contributed by atoms with Crippen molar-refractivity contribution in [1.82, 2.24) is 10.2 Å². The van der Waals surface area contributed by atoms with E-state index in [-0.39, 0.29) is 12.5 Å². The van der Waals surface area contributed by atoms with Gasteiger partial charge in [0.25, 0.3) is 0 Å². The molecule has 1 aliphatic rings. The summed E-state index contributed by atoms with van der Waals surface area (Å²) in [5.41, 5.74) is 0. The standard InChI is InChI=1S/C13H22N2O4/c1-3-5-11(12(16)17)14-13(18)15-7-4-6-10(8-15)9-19-2/h3,10-11H,1,4-9H2,2H3,(H,14,18)(H,16,17). The van der Waals surface area contributed by atoms with E-state index in [9.17, 15) is 9.59 Å². The summed E-state index contributed by atoms with van der Waals surface area (Å²) < 4.78 is 5.10. The van der Waals surface area contributed by atoms with Crippen LogP contribution in [0.5, 0.6) is 0 Å². The quantitative estimate of drug-likeness (QED) is 0.708. The van der Waals surface area contributed by atoms with Crippen molar-refractivity contribution in [3.05, 3.63) is 12.7 Å². The fourth-order valence-electron chi connectivity index (χ4n) is 2.25. The number of aliphatic carboxylic acids is 1. The first-order chi connectivity index (χ1) is 9.08. The minimum atomic E-state index is -1.04. The van der Waals surface area contributed by atoms with Gasteiger partial charge in [0.15, 0.2) is 0 Å². The van der Waals surface area contributed by atoms with E-state index in [1.807, 2.05) is 0 Å². The van der Waals surface area contributed by atoms with E-state index in [0.717, 1.165) is 12.8 Å². The number of carbonyl (C=O) groups excluding carboxylic acids is 1. The van der Waals surface area contributed by atoms with E-state index in [2.05, 4.69) is 11.9 Å². The second-order valence-corrected chi connectivity index (χ2v) is 4.77. The number of methoxy groups -OCH3 is 1. The fraction of sp³-hybridized carbons (Fsp3) is 0.692. The normalized spacial score (nSPS) is 20.7. The second kappa shape index (κ2) is 7.78. The first kappa shape index (κ1) is 15.5. The lowest BCUT2D eigenvalue weighted by molar-refractivity contribution is -0.139. The summed E-state index contributed by atoms with van der Waals surface area (Å²) >= 11 is 0. The van der Waals surface area contributed by atoms with E-state index in [1.165, 1.54) is 6.08 Å². The largest absolute Gasteiger partial charge is 0.480 e. The summed E-state index contributed by atoms with van der Waals surface area (Å²) in [4.78, 5) is 24.6. The number of nitrogens with one attached hydrogen (secondary N) is 1. The zero-order valence-corrected chi connectivity index (χ0v) is 11.3. The zero-order chi connectivity index (χ0) is 14.3. The molecule has 2 amide bonds. The molecule has 6 nitrogen and oxygen atoms in total. The predicted octanol–water partition coefficient (Wildman–Crippen LogP) is 1.08. The Balaban J connectivity index is 2.51. The minimum absolute atomic E-state index is 0.219. The Bertz CT molecular complexity index is 331. The molecule has 6 heteroatoms. The summed E-state index contributed by atoms with van der Waals surface area (Å²) in [7, 11) is 1.64. The van der Waals surface area contributed by atoms with E-state index < -0.39 is 12.0 Å². The molecule has 2 N–H and O–H groups in total. The molecule has 2 unspecified atom stereocenters. The SMILES string of the molecule is C=CCC(NC(=O)N1CCCC(COC)C1)C(=O)O. The van der Waals surface area contributed by atoms with Gasteiger partial charge in [-0.2, -0.15) is 0 Å². The van der Waals surface area contributed by atoms with Crippen LogP contribution in [0.1, 0.15) is 19.3 Å². The summed E-state index contributed by atoms with van der Waals surface area (Å²) in [6, 6.07) is -1.23. The van der Waals surface area contributed by atoms with Gasteiger partial charge in [0.2, 0.25) is 0 Å². The average Bonchev–Trinajstić information content (AvgIpc) is 2.38. The highest BCUT2D eigenvalue weighted by molar-refractivity contribution is 5.82. The molecule has 0 bridgehead atoms. The molecule has 2 atom stereocenters. The number of likely N-dealkylation sites (tertiary alicyclic amines) is 1. The van der Waals surface area contributed by atoms with Crippen molar-refractivity contribution < 1.29 is 19.4 Å². The van der Waals surface area contributed by atoms with Gasteiger partial charge >= 0.3 is 12.0 Å². The van der Waals surface area contributed by atoms with E-state index in [4.69, 9.17) is 9.84 Å². The topological polar surface area (TPSA) is 78.9 Å². The number of amides is 2. The van der Waals surface area contributed by atoms with Crippen molar-refractivity contribution in [1.29, 1.82) is 0 Å². The molecule has 1 saturated heterocycles. The third-order valence-electron chi connectivity index (χ3n) is 3.21. The molecule has 19 heavy (non-hydrogen) atoms. The Morgan fingerprint density at radius 1 is 1.63 bits per heavy atom. The van der Waals surface area contributed by atoms with Crippen LogP contribution in [0, 0.1) is 5.92 Å². The molecule has 1 fully saturated rings. The number of ether oxygens (including phenoxy) is 1. The number of urea groups is 1. The third kappa shape index (κ3) is 4.90. The Kier molecular flexibility index (Phi) is 6.35. The van der Waals surface area contributed by atoms with E-state index in [0.29, 0.717) is 25.6 Å². The zero-order valence-electron chi connectivity index (χ0n) is 11.3. The van der Waals surface area contributed by atoms with E-state index in [1.54, 1.807) is 12.0 Å². The average molecular weight is 270 g/mol. The van der Waals surface area contributed by atoms with Gasteiger partial charge in [0.05, 0.1) is 6.61 Å². The number of carboxylic acids is 1. The van der Waals surface area contributed by atoms with Gasteiger partial charge in [-0.15, -0.1) is 6.58 Å². The fourth-order valence-corrected chi connectivity index (χ4v) is 2.25. The van der Waals surface area contributed by atoms with Crippen molar-refractivity contribution in [2.24, 2.45) is 5.92 Å². The molecule has 1 heterocycles. The van der Waals surface area contributed by atoms with Crippen LogP contribution in [0.3, 0.4) is 0 Å². The summed E-state index contributed by atoms with van der Waals surface area (Å²) in [5, 5.41) is 11.5. The maximum absolute atomic E-state index is 12.0. The van der Waals surface area contributed by atoms with Gasteiger partial charge in [0, 0.05) is 26.1 Å². The van der Waals surface area contributed by atoms with E-state index >= 15 is 0 Å². The molecule has 0 aliphatic carbocycles. The summed E-state index contributed by atoms with van der Waals surface area (Å²) in [5.74, 6) is -0.717. The Morgan fingerprint density at radius 2 is 2.37 bits per heavy atom. The Labute approximate surface area is 113 Å². The molecule has 0 radical (unpaired) electrons. The van der Waals surface area contributed by atoms with Crippen molar-refractivity contribution in [2.75, 3.05) is 26.8 Å². The number of carboxylic acid groups (broad SMARTS) is 1. The van der Waals surface area contributed by atoms with Gasteiger partial charge in [-0.05, 0) is 19.3 Å². The lowest BCUT2D eigenvalue weighted by atomic mass is 9.99. The molecule has 0 aromatic heterocycles. The molecule has 0 saturated carbocycles. The van der Waals surface area contributed by atoms with Crippen molar-refractivity contribution in [2.45, 2.75) is 25.3 Å². The summed E-state index contributed by atoms with van der Waals surface area (Å²) in [6.45, 7) is 5.39. The van der Waals surface area contributed by atoms with Gasteiger partial charge in [-0.3, -0.25) is 0 Å². The molecule has 0 spiro atoms. The molecule has 0 aromatic carbocycles. The highest BCUT2D eigenvalue weighted by Crippen LogP contribution is 2.16. The monoisotopic (exact) mass is 270 g/mol. The Hall–Kier alpha value is -1.56. The Morgan fingerprint density at radius 3 is 2.95 bits per heavy atom. The van der Waals surface area contributed by atoms with Crippen molar-refractivity contribution in [3.63, 3.8) is 0 Å². The van der Waals surface area contributed by atoms with Crippen LogP contribution >= 0.6 is 0 Å². The van der Waals surface area contributed by atoms with Crippen molar-refractivity contribution >= 4 is 12.0 Å². The lowest BCUT2D eigenvalue weighted by Gasteiger charge is -2.33. The van der Waals surface area contributed by atoms with Gasteiger partial charge in [-0.1, -0.05) is 6.08 Å². The molecular weight excluding hydrogens is 248 g/mol.